The lowest BCUT2D eigenvalue weighted by atomic mass is 9.91. The molecular weight excluding hydrogens is 284 g/mol. The Labute approximate surface area is 118 Å². The molecule has 1 aliphatic rings. The Morgan fingerprint density at radius 3 is 2.47 bits per heavy atom. The van der Waals surface area contributed by atoms with E-state index in [1.54, 1.807) is 0 Å². The molecule has 0 saturated heterocycles. The highest BCUT2D eigenvalue weighted by Gasteiger charge is 2.38. The van der Waals surface area contributed by atoms with Crippen molar-refractivity contribution in [2.24, 2.45) is 5.73 Å². The average Bonchev–Trinajstić information content (AvgIpc) is 2.78. The molecule has 0 unspecified atom stereocenters. The Hall–Kier alpha value is -0.990. The van der Waals surface area contributed by atoms with Gasteiger partial charge in [-0.15, -0.1) is 0 Å². The fourth-order valence-electron chi connectivity index (χ4n) is 2.43. The number of hydrogen-bond acceptors (Lipinski definition) is 4. The van der Waals surface area contributed by atoms with Crippen molar-refractivity contribution in [1.82, 2.24) is 14.9 Å². The maximum atomic E-state index is 12.3. The SMILES string of the molecule is NC(=S)C1(NS(=O)(=O)c2cn[nH]c2)CCCCCC1. The van der Waals surface area contributed by atoms with E-state index in [0.717, 1.165) is 25.7 Å². The Kier molecular flexibility index (Phi) is 4.22. The van der Waals surface area contributed by atoms with Gasteiger partial charge in [0.15, 0.2) is 0 Å². The van der Waals surface area contributed by atoms with Gasteiger partial charge in [0.25, 0.3) is 0 Å². The number of thiocarbonyl (C=S) groups is 1. The van der Waals surface area contributed by atoms with E-state index in [2.05, 4.69) is 14.9 Å². The van der Waals surface area contributed by atoms with Gasteiger partial charge < -0.3 is 5.73 Å². The van der Waals surface area contributed by atoms with Gasteiger partial charge in [0.05, 0.1) is 16.7 Å². The van der Waals surface area contributed by atoms with E-state index in [-0.39, 0.29) is 9.88 Å². The minimum Gasteiger partial charge on any atom is -0.392 e. The lowest BCUT2D eigenvalue weighted by Gasteiger charge is -2.32. The van der Waals surface area contributed by atoms with Crippen molar-refractivity contribution in [3.8, 4) is 0 Å². The molecule has 19 heavy (non-hydrogen) atoms. The van der Waals surface area contributed by atoms with Crippen LogP contribution in [0.1, 0.15) is 38.5 Å². The zero-order valence-corrected chi connectivity index (χ0v) is 12.2. The zero-order chi connectivity index (χ0) is 13.9. The Morgan fingerprint density at radius 2 is 2.00 bits per heavy atom. The Bertz CT molecular complexity index is 531. The molecule has 2 rings (SSSR count). The van der Waals surface area contributed by atoms with Crippen LogP contribution in [0.2, 0.25) is 0 Å². The topological polar surface area (TPSA) is 101 Å². The second-order valence-corrected chi connectivity index (χ2v) is 7.02. The fraction of sp³-hybridized carbons (Fsp3) is 0.636. The van der Waals surface area contributed by atoms with Crippen molar-refractivity contribution in [2.45, 2.75) is 49.0 Å². The lowest BCUT2D eigenvalue weighted by Crippen LogP contribution is -2.56. The van der Waals surface area contributed by atoms with E-state index < -0.39 is 15.6 Å². The summed E-state index contributed by atoms with van der Waals surface area (Å²) >= 11 is 5.11. The summed E-state index contributed by atoms with van der Waals surface area (Å²) in [5.41, 5.74) is 5.01. The van der Waals surface area contributed by atoms with Crippen LogP contribution in [-0.4, -0.2) is 29.1 Å². The number of H-pyrrole nitrogens is 1. The van der Waals surface area contributed by atoms with E-state index in [1.165, 1.54) is 12.4 Å². The molecule has 106 valence electrons. The second-order valence-electron chi connectivity index (χ2n) is 4.90. The molecule has 6 nitrogen and oxygen atoms in total. The number of sulfonamides is 1. The Morgan fingerprint density at radius 1 is 1.37 bits per heavy atom. The third kappa shape index (κ3) is 3.13. The zero-order valence-electron chi connectivity index (χ0n) is 10.6. The third-order valence-corrected chi connectivity index (χ3v) is 5.44. The van der Waals surface area contributed by atoms with Crippen molar-refractivity contribution in [2.75, 3.05) is 0 Å². The number of aromatic nitrogens is 2. The molecule has 1 aliphatic carbocycles. The summed E-state index contributed by atoms with van der Waals surface area (Å²) in [6, 6.07) is 0. The summed E-state index contributed by atoms with van der Waals surface area (Å²) in [5, 5.41) is 6.15. The molecule has 8 heteroatoms. The maximum Gasteiger partial charge on any atom is 0.244 e. The fourth-order valence-corrected chi connectivity index (χ4v) is 4.10. The summed E-state index contributed by atoms with van der Waals surface area (Å²) in [5.74, 6) is 0. The normalized spacial score (nSPS) is 19.8. The van der Waals surface area contributed by atoms with Crippen molar-refractivity contribution in [3.63, 3.8) is 0 Å². The van der Waals surface area contributed by atoms with Gasteiger partial charge >= 0.3 is 0 Å². The van der Waals surface area contributed by atoms with Gasteiger partial charge in [-0.25, -0.2) is 8.42 Å². The van der Waals surface area contributed by atoms with E-state index >= 15 is 0 Å². The molecule has 1 saturated carbocycles. The predicted molar refractivity (Wildman–Crippen MR) is 76.1 cm³/mol. The smallest absolute Gasteiger partial charge is 0.244 e. The highest BCUT2D eigenvalue weighted by molar-refractivity contribution is 7.89. The highest BCUT2D eigenvalue weighted by atomic mass is 32.2. The number of nitrogens with one attached hydrogen (secondary N) is 2. The number of nitrogens with zero attached hydrogens (tertiary/aromatic N) is 1. The molecule has 0 amide bonds. The van der Waals surface area contributed by atoms with Gasteiger partial charge in [-0.3, -0.25) is 5.10 Å². The predicted octanol–water partition coefficient (Wildman–Crippen LogP) is 1.07. The molecule has 1 aromatic rings. The molecule has 1 aromatic heterocycles. The number of aromatic amines is 1. The maximum absolute atomic E-state index is 12.3. The van der Waals surface area contributed by atoms with Crippen LogP contribution >= 0.6 is 12.2 Å². The lowest BCUT2D eigenvalue weighted by molar-refractivity contribution is 0.441. The van der Waals surface area contributed by atoms with Gasteiger partial charge in [-0.2, -0.15) is 9.82 Å². The van der Waals surface area contributed by atoms with Crippen LogP contribution in [0.3, 0.4) is 0 Å². The molecule has 1 heterocycles. The first kappa shape index (κ1) is 14.4. The van der Waals surface area contributed by atoms with Crippen LogP contribution in [0.5, 0.6) is 0 Å². The van der Waals surface area contributed by atoms with E-state index in [4.69, 9.17) is 18.0 Å². The molecule has 0 aliphatic heterocycles. The number of nitrogens with two attached hydrogens (primary N) is 1. The van der Waals surface area contributed by atoms with Gasteiger partial charge in [0.1, 0.15) is 4.90 Å². The standard InChI is InChI=1S/C11H18N4O2S2/c12-10(18)11(5-3-1-2-4-6-11)15-19(16,17)9-7-13-14-8-9/h7-8,15H,1-6H2,(H2,12,18)(H,13,14). The quantitative estimate of drug-likeness (QED) is 0.570. The van der Waals surface area contributed by atoms with Crippen LogP contribution in [0.15, 0.2) is 17.3 Å². The summed E-state index contributed by atoms with van der Waals surface area (Å²) in [7, 11) is -3.65. The third-order valence-electron chi connectivity index (χ3n) is 3.54. The van der Waals surface area contributed by atoms with Gasteiger partial charge in [-0.1, -0.05) is 37.9 Å². The molecule has 0 radical (unpaired) electrons. The number of rotatable bonds is 4. The molecular formula is C11H18N4O2S2. The van der Waals surface area contributed by atoms with Gasteiger partial charge in [-0.05, 0) is 12.8 Å². The Balaban J connectivity index is 2.28. The summed E-state index contributed by atoms with van der Waals surface area (Å²) in [6.07, 6.45) is 7.92. The van der Waals surface area contributed by atoms with Crippen molar-refractivity contribution in [1.29, 1.82) is 0 Å². The van der Waals surface area contributed by atoms with Crippen molar-refractivity contribution >= 4 is 27.2 Å². The molecule has 0 bridgehead atoms. The van der Waals surface area contributed by atoms with Crippen LogP contribution in [0.4, 0.5) is 0 Å². The second kappa shape index (κ2) is 5.56. The van der Waals surface area contributed by atoms with Gasteiger partial charge in [0.2, 0.25) is 10.0 Å². The summed E-state index contributed by atoms with van der Waals surface area (Å²) in [6.45, 7) is 0. The summed E-state index contributed by atoms with van der Waals surface area (Å²) < 4.78 is 27.3. The molecule has 4 N–H and O–H groups in total. The highest BCUT2D eigenvalue weighted by Crippen LogP contribution is 2.29. The van der Waals surface area contributed by atoms with E-state index in [9.17, 15) is 8.42 Å². The van der Waals surface area contributed by atoms with Crippen molar-refractivity contribution in [3.05, 3.63) is 12.4 Å². The van der Waals surface area contributed by atoms with E-state index in [0.29, 0.717) is 12.8 Å². The molecule has 0 spiro atoms. The summed E-state index contributed by atoms with van der Waals surface area (Å²) in [4.78, 5) is 0.328. The van der Waals surface area contributed by atoms with Crippen LogP contribution in [-0.2, 0) is 10.0 Å². The molecule has 0 aromatic carbocycles. The van der Waals surface area contributed by atoms with Crippen LogP contribution in [0, 0.1) is 0 Å². The molecule has 0 atom stereocenters. The minimum absolute atomic E-state index is 0.104. The molecule has 1 fully saturated rings. The first-order valence-electron chi connectivity index (χ1n) is 6.29. The minimum atomic E-state index is -3.65. The van der Waals surface area contributed by atoms with Gasteiger partial charge in [0, 0.05) is 6.20 Å². The van der Waals surface area contributed by atoms with Crippen LogP contribution in [0.25, 0.3) is 0 Å². The first-order valence-corrected chi connectivity index (χ1v) is 8.18. The largest absolute Gasteiger partial charge is 0.392 e. The van der Waals surface area contributed by atoms with E-state index in [1.807, 2.05) is 0 Å². The first-order chi connectivity index (χ1) is 8.96. The van der Waals surface area contributed by atoms with Crippen molar-refractivity contribution < 1.29 is 8.42 Å². The number of hydrogen-bond donors (Lipinski definition) is 3. The van der Waals surface area contributed by atoms with Crippen LogP contribution < -0.4 is 10.5 Å². The average molecular weight is 302 g/mol. The monoisotopic (exact) mass is 302 g/mol.